The first-order valence-electron chi connectivity index (χ1n) is 5.88. The van der Waals surface area contributed by atoms with E-state index in [-0.39, 0.29) is 11.9 Å². The van der Waals surface area contributed by atoms with Gasteiger partial charge < -0.3 is 11.1 Å². The van der Waals surface area contributed by atoms with Gasteiger partial charge in [0.15, 0.2) is 11.6 Å². The van der Waals surface area contributed by atoms with Crippen LogP contribution in [-0.4, -0.2) is 17.6 Å². The van der Waals surface area contributed by atoms with E-state index in [1.165, 1.54) is 0 Å². The summed E-state index contributed by atoms with van der Waals surface area (Å²) >= 11 is 0. The highest BCUT2D eigenvalue weighted by molar-refractivity contribution is 5.35. The molecule has 0 fully saturated rings. The Morgan fingerprint density at radius 3 is 2.53 bits per heavy atom. The lowest BCUT2D eigenvalue weighted by Crippen LogP contribution is -2.36. The number of nitrogens with two attached hydrogens (primary N) is 1. The second-order valence-corrected chi connectivity index (χ2v) is 4.11. The first kappa shape index (κ1) is 13.8. The number of hydrogen-bond acceptors (Lipinski definition) is 3. The molecule has 0 spiro atoms. The van der Waals surface area contributed by atoms with Gasteiger partial charge in [-0.3, -0.25) is 0 Å². The minimum Gasteiger partial charge on any atom is -0.366 e. The van der Waals surface area contributed by atoms with Gasteiger partial charge in [-0.15, -0.1) is 0 Å². The van der Waals surface area contributed by atoms with Crippen LogP contribution in [0.3, 0.4) is 0 Å². The van der Waals surface area contributed by atoms with Crippen molar-refractivity contribution < 1.29 is 8.78 Å². The van der Waals surface area contributed by atoms with Crippen LogP contribution in [0.15, 0.2) is 12.3 Å². The molecule has 0 saturated heterocycles. The zero-order valence-corrected chi connectivity index (χ0v) is 10.2. The fourth-order valence-electron chi connectivity index (χ4n) is 1.82. The van der Waals surface area contributed by atoms with E-state index in [1.807, 2.05) is 0 Å². The summed E-state index contributed by atoms with van der Waals surface area (Å²) in [5, 5.41) is 2.81. The van der Waals surface area contributed by atoms with Crippen LogP contribution in [0, 0.1) is 17.6 Å². The van der Waals surface area contributed by atoms with E-state index in [4.69, 9.17) is 5.73 Å². The highest BCUT2D eigenvalue weighted by Crippen LogP contribution is 2.14. The summed E-state index contributed by atoms with van der Waals surface area (Å²) in [5.41, 5.74) is 5.98. The van der Waals surface area contributed by atoms with Crippen molar-refractivity contribution >= 4 is 5.82 Å². The lowest BCUT2D eigenvalue weighted by molar-refractivity contribution is 0.406. The van der Waals surface area contributed by atoms with Gasteiger partial charge in [0.05, 0.1) is 6.20 Å². The number of aromatic nitrogens is 1. The van der Waals surface area contributed by atoms with Crippen LogP contribution in [0.5, 0.6) is 0 Å². The summed E-state index contributed by atoms with van der Waals surface area (Å²) in [7, 11) is 0. The monoisotopic (exact) mass is 243 g/mol. The summed E-state index contributed by atoms with van der Waals surface area (Å²) in [6.45, 7) is 4.58. The third-order valence-corrected chi connectivity index (χ3v) is 2.97. The molecule has 5 heteroatoms. The molecule has 0 radical (unpaired) electrons. The molecule has 1 unspecified atom stereocenters. The molecule has 0 amide bonds. The van der Waals surface area contributed by atoms with E-state index in [0.717, 1.165) is 25.1 Å². The fraction of sp³-hybridized carbons (Fsp3) is 0.583. The van der Waals surface area contributed by atoms with Crippen LogP contribution in [0.25, 0.3) is 0 Å². The Labute approximate surface area is 100 Å². The van der Waals surface area contributed by atoms with Gasteiger partial charge in [0.1, 0.15) is 5.82 Å². The van der Waals surface area contributed by atoms with Crippen molar-refractivity contribution in [1.29, 1.82) is 0 Å². The van der Waals surface area contributed by atoms with Gasteiger partial charge in [0.25, 0.3) is 0 Å². The predicted molar refractivity (Wildman–Crippen MR) is 64.7 cm³/mol. The summed E-state index contributed by atoms with van der Waals surface area (Å²) in [6.07, 6.45) is 2.95. The zero-order chi connectivity index (χ0) is 12.8. The molecule has 0 aliphatic carbocycles. The van der Waals surface area contributed by atoms with Gasteiger partial charge in [-0.1, -0.05) is 26.7 Å². The van der Waals surface area contributed by atoms with Crippen molar-refractivity contribution in [2.45, 2.75) is 32.7 Å². The van der Waals surface area contributed by atoms with Crippen LogP contribution in [-0.2, 0) is 0 Å². The largest absolute Gasteiger partial charge is 0.366 e. The molecular weight excluding hydrogens is 224 g/mol. The molecule has 17 heavy (non-hydrogen) atoms. The first-order chi connectivity index (χ1) is 8.08. The number of hydrogen-bond donors (Lipinski definition) is 2. The van der Waals surface area contributed by atoms with E-state index >= 15 is 0 Å². The molecule has 0 aliphatic rings. The van der Waals surface area contributed by atoms with Gasteiger partial charge in [0.2, 0.25) is 0 Å². The quantitative estimate of drug-likeness (QED) is 0.807. The number of rotatable bonds is 6. The smallest absolute Gasteiger partial charge is 0.168 e. The highest BCUT2D eigenvalue weighted by atomic mass is 19.1. The first-order valence-corrected chi connectivity index (χ1v) is 5.88. The second kappa shape index (κ2) is 6.49. The maximum atomic E-state index is 13.3. The van der Waals surface area contributed by atoms with Gasteiger partial charge in [-0.2, -0.15) is 0 Å². The molecule has 3 nitrogen and oxygen atoms in total. The van der Waals surface area contributed by atoms with Gasteiger partial charge in [0, 0.05) is 18.7 Å². The zero-order valence-electron chi connectivity index (χ0n) is 10.2. The van der Waals surface area contributed by atoms with Crippen LogP contribution in [0.1, 0.15) is 26.7 Å². The van der Waals surface area contributed by atoms with Crippen molar-refractivity contribution in [1.82, 2.24) is 4.98 Å². The van der Waals surface area contributed by atoms with E-state index in [2.05, 4.69) is 24.1 Å². The van der Waals surface area contributed by atoms with Crippen molar-refractivity contribution in [2.75, 3.05) is 11.9 Å². The van der Waals surface area contributed by atoms with Crippen molar-refractivity contribution in [3.8, 4) is 0 Å². The molecule has 0 aromatic carbocycles. The lowest BCUT2D eigenvalue weighted by Gasteiger charge is -2.21. The Hall–Kier alpha value is -1.23. The third kappa shape index (κ3) is 3.93. The summed E-state index contributed by atoms with van der Waals surface area (Å²) in [6, 6.07) is 0.745. The number of nitrogens with one attached hydrogen (secondary N) is 1. The molecule has 1 rings (SSSR count). The minimum atomic E-state index is -0.693. The summed E-state index contributed by atoms with van der Waals surface area (Å²) in [4.78, 5) is 3.64. The topological polar surface area (TPSA) is 50.9 Å². The molecule has 0 aliphatic heterocycles. The van der Waals surface area contributed by atoms with Crippen molar-refractivity contribution in [3.05, 3.63) is 23.9 Å². The Morgan fingerprint density at radius 2 is 2.00 bits per heavy atom. The summed E-state index contributed by atoms with van der Waals surface area (Å²) < 4.78 is 25.9. The Morgan fingerprint density at radius 1 is 1.35 bits per heavy atom. The van der Waals surface area contributed by atoms with Crippen LogP contribution in [0.2, 0.25) is 0 Å². The van der Waals surface area contributed by atoms with Crippen molar-refractivity contribution in [2.24, 2.45) is 11.7 Å². The molecular formula is C12H19F2N3. The highest BCUT2D eigenvalue weighted by Gasteiger charge is 2.14. The van der Waals surface area contributed by atoms with Gasteiger partial charge >= 0.3 is 0 Å². The standard InChI is InChI=1S/C12H19F2N3/c1-3-8(4-2)11(15)7-17-12-10(14)5-9(13)6-16-12/h5-6,8,11H,3-4,7,15H2,1-2H3,(H,16,17). The van der Waals surface area contributed by atoms with Crippen LogP contribution in [0.4, 0.5) is 14.6 Å². The maximum Gasteiger partial charge on any atom is 0.168 e. The average molecular weight is 243 g/mol. The number of anilines is 1. The normalized spacial score (nSPS) is 12.8. The van der Waals surface area contributed by atoms with E-state index in [0.29, 0.717) is 12.5 Å². The third-order valence-electron chi connectivity index (χ3n) is 2.97. The number of pyridine rings is 1. The fourth-order valence-corrected chi connectivity index (χ4v) is 1.82. The molecule has 1 heterocycles. The molecule has 96 valence electrons. The summed E-state index contributed by atoms with van der Waals surface area (Å²) in [5.74, 6) is -0.932. The Bertz CT molecular complexity index is 354. The Kier molecular flexibility index (Phi) is 5.28. The molecule has 1 aromatic rings. The van der Waals surface area contributed by atoms with Crippen LogP contribution < -0.4 is 11.1 Å². The maximum absolute atomic E-state index is 13.3. The van der Waals surface area contributed by atoms with Gasteiger partial charge in [-0.25, -0.2) is 13.8 Å². The van der Waals surface area contributed by atoms with Crippen LogP contribution >= 0.6 is 0 Å². The van der Waals surface area contributed by atoms with E-state index in [9.17, 15) is 8.78 Å². The Balaban J connectivity index is 2.55. The molecule has 0 saturated carbocycles. The lowest BCUT2D eigenvalue weighted by atomic mass is 9.95. The average Bonchev–Trinajstić information content (AvgIpc) is 2.29. The SMILES string of the molecule is CCC(CC)C(N)CNc1ncc(F)cc1F. The predicted octanol–water partition coefficient (Wildman–Crippen LogP) is 2.54. The second-order valence-electron chi connectivity index (χ2n) is 4.11. The van der Waals surface area contributed by atoms with E-state index in [1.54, 1.807) is 0 Å². The number of halogens is 2. The molecule has 3 N–H and O–H groups in total. The molecule has 1 atom stereocenters. The minimum absolute atomic E-state index is 0.0489. The van der Waals surface area contributed by atoms with Gasteiger partial charge in [-0.05, 0) is 5.92 Å². The molecule has 0 bridgehead atoms. The molecule has 1 aromatic heterocycles. The van der Waals surface area contributed by atoms with E-state index < -0.39 is 11.6 Å². The number of nitrogens with zero attached hydrogens (tertiary/aromatic N) is 1. The van der Waals surface area contributed by atoms with Crippen molar-refractivity contribution in [3.63, 3.8) is 0 Å².